The number of carbonyl (C=O) groups is 4. The van der Waals surface area contributed by atoms with Gasteiger partial charge in [0.25, 0.3) is 5.91 Å². The third-order valence-corrected chi connectivity index (χ3v) is 6.61. The van der Waals surface area contributed by atoms with Gasteiger partial charge in [-0.1, -0.05) is 60.7 Å². The van der Waals surface area contributed by atoms with Gasteiger partial charge in [-0.25, -0.2) is 4.79 Å². The molecule has 0 heterocycles. The minimum Gasteiger partial charge on any atom is -0.344 e. The first kappa shape index (κ1) is 26.8. The van der Waals surface area contributed by atoms with E-state index in [-0.39, 0.29) is 29.4 Å². The van der Waals surface area contributed by atoms with Crippen molar-refractivity contribution in [1.29, 1.82) is 0 Å². The predicted octanol–water partition coefficient (Wildman–Crippen LogP) is 2.78. The molecule has 38 heavy (non-hydrogen) atoms. The van der Waals surface area contributed by atoms with Crippen molar-refractivity contribution in [1.82, 2.24) is 16.0 Å². The molecule has 1 saturated carbocycles. The Bertz CT molecular complexity index is 1420. The zero-order valence-corrected chi connectivity index (χ0v) is 21.9. The van der Waals surface area contributed by atoms with Gasteiger partial charge in [0, 0.05) is 24.7 Å². The molecule has 0 saturated heterocycles. The molecule has 0 spiro atoms. The SMILES string of the molecule is C[N+](C)(C)C(=O)/C=C/CNC(=O)C(=O)NCc1ccccc1C(=O)NC1(c2ccc3ccccc3c2)CC1. The summed E-state index contributed by atoms with van der Waals surface area (Å²) in [4.78, 5) is 49.6. The standard InChI is InChI=1S/C30H32N4O4/c1-34(2,3)26(35)13-8-18-31-28(37)29(38)32-20-23-11-6-7-12-25(23)27(36)33-30(16-17-30)24-15-14-21-9-4-5-10-22(21)19-24/h4-15,19H,16-18,20H2,1-3H3,(H2-,31,32,33,36,37,38)/p+1/b13-8+. The maximum Gasteiger partial charge on any atom is 0.337 e. The van der Waals surface area contributed by atoms with Crippen LogP contribution < -0.4 is 16.0 Å². The molecule has 0 bridgehead atoms. The maximum atomic E-state index is 13.3. The van der Waals surface area contributed by atoms with Crippen LogP contribution in [0.1, 0.15) is 34.3 Å². The zero-order chi connectivity index (χ0) is 27.3. The van der Waals surface area contributed by atoms with Crippen LogP contribution in [0.4, 0.5) is 0 Å². The number of carbonyl (C=O) groups excluding carboxylic acids is 4. The lowest BCUT2D eigenvalue weighted by Gasteiger charge is -2.20. The van der Waals surface area contributed by atoms with Crippen molar-refractivity contribution in [2.45, 2.75) is 24.9 Å². The van der Waals surface area contributed by atoms with E-state index in [2.05, 4.69) is 46.3 Å². The number of quaternary nitrogens is 1. The van der Waals surface area contributed by atoms with Gasteiger partial charge in [-0.05, 0) is 46.9 Å². The lowest BCUT2D eigenvalue weighted by atomic mass is 9.99. The number of nitrogens with one attached hydrogen (secondary N) is 3. The monoisotopic (exact) mass is 513 g/mol. The molecule has 1 aliphatic rings. The molecule has 3 aromatic rings. The van der Waals surface area contributed by atoms with Crippen LogP contribution in [0, 0.1) is 0 Å². The average Bonchev–Trinajstić information content (AvgIpc) is 3.69. The highest BCUT2D eigenvalue weighted by molar-refractivity contribution is 6.35. The molecule has 0 aromatic heterocycles. The van der Waals surface area contributed by atoms with E-state index in [9.17, 15) is 19.2 Å². The van der Waals surface area contributed by atoms with Crippen LogP contribution in [0.5, 0.6) is 0 Å². The highest BCUT2D eigenvalue weighted by Gasteiger charge is 2.46. The summed E-state index contributed by atoms with van der Waals surface area (Å²) in [6.07, 6.45) is 4.58. The van der Waals surface area contributed by atoms with Crippen LogP contribution in [-0.2, 0) is 26.5 Å². The highest BCUT2D eigenvalue weighted by Crippen LogP contribution is 2.46. The van der Waals surface area contributed by atoms with E-state index in [1.807, 2.05) is 12.1 Å². The van der Waals surface area contributed by atoms with Crippen molar-refractivity contribution in [2.24, 2.45) is 0 Å². The Labute approximate surface area is 222 Å². The number of rotatable bonds is 8. The van der Waals surface area contributed by atoms with Crippen LogP contribution in [0.15, 0.2) is 78.9 Å². The molecule has 3 N–H and O–H groups in total. The molecule has 0 atom stereocenters. The Morgan fingerprint density at radius 3 is 2.21 bits per heavy atom. The van der Waals surface area contributed by atoms with Crippen molar-refractivity contribution in [2.75, 3.05) is 27.7 Å². The first-order valence-electron chi connectivity index (χ1n) is 12.6. The Morgan fingerprint density at radius 1 is 0.842 bits per heavy atom. The fourth-order valence-corrected chi connectivity index (χ4v) is 4.15. The summed E-state index contributed by atoms with van der Waals surface area (Å²) in [5.41, 5.74) is 1.72. The molecule has 196 valence electrons. The van der Waals surface area contributed by atoms with Crippen LogP contribution in [-0.4, -0.2) is 55.8 Å². The largest absolute Gasteiger partial charge is 0.344 e. The summed E-state index contributed by atoms with van der Waals surface area (Å²) in [6.45, 7) is 0.0719. The first-order valence-corrected chi connectivity index (χ1v) is 12.6. The second-order valence-corrected chi connectivity index (χ2v) is 10.4. The van der Waals surface area contributed by atoms with Gasteiger partial charge in [-0.2, -0.15) is 0 Å². The Balaban J connectivity index is 1.35. The van der Waals surface area contributed by atoms with Crippen molar-refractivity contribution in [3.8, 4) is 0 Å². The molecule has 0 unspecified atom stereocenters. The van der Waals surface area contributed by atoms with Crippen molar-refractivity contribution in [3.05, 3.63) is 95.6 Å². The van der Waals surface area contributed by atoms with E-state index in [0.717, 1.165) is 29.2 Å². The van der Waals surface area contributed by atoms with Crippen LogP contribution in [0.2, 0.25) is 0 Å². The molecular weight excluding hydrogens is 480 g/mol. The minimum absolute atomic E-state index is 0.0225. The molecular formula is C30H33N4O4+. The van der Waals surface area contributed by atoms with Gasteiger partial charge >= 0.3 is 17.7 Å². The third kappa shape index (κ3) is 6.33. The predicted molar refractivity (Wildman–Crippen MR) is 146 cm³/mol. The first-order chi connectivity index (χ1) is 18.1. The molecule has 4 rings (SSSR count). The summed E-state index contributed by atoms with van der Waals surface area (Å²) >= 11 is 0. The van der Waals surface area contributed by atoms with Gasteiger partial charge in [0.1, 0.15) is 0 Å². The summed E-state index contributed by atoms with van der Waals surface area (Å²) in [5.74, 6) is -1.99. The number of benzene rings is 3. The van der Waals surface area contributed by atoms with Gasteiger partial charge < -0.3 is 16.0 Å². The van der Waals surface area contributed by atoms with E-state index in [4.69, 9.17) is 0 Å². The molecule has 8 heteroatoms. The van der Waals surface area contributed by atoms with Gasteiger partial charge in [-0.15, -0.1) is 0 Å². The maximum absolute atomic E-state index is 13.3. The second kappa shape index (κ2) is 11.0. The van der Waals surface area contributed by atoms with E-state index >= 15 is 0 Å². The fourth-order valence-electron chi connectivity index (χ4n) is 4.15. The molecule has 0 radical (unpaired) electrons. The highest BCUT2D eigenvalue weighted by atomic mass is 16.2. The van der Waals surface area contributed by atoms with E-state index in [1.54, 1.807) is 45.4 Å². The molecule has 1 aliphatic carbocycles. The Kier molecular flexibility index (Phi) is 7.73. The Morgan fingerprint density at radius 2 is 1.50 bits per heavy atom. The van der Waals surface area contributed by atoms with Gasteiger partial charge in [0.2, 0.25) is 0 Å². The van der Waals surface area contributed by atoms with Crippen molar-refractivity contribution < 1.29 is 23.7 Å². The average molecular weight is 514 g/mol. The van der Waals surface area contributed by atoms with Gasteiger partial charge in [0.15, 0.2) is 0 Å². The van der Waals surface area contributed by atoms with E-state index in [0.29, 0.717) is 11.1 Å². The third-order valence-electron chi connectivity index (χ3n) is 6.61. The van der Waals surface area contributed by atoms with E-state index in [1.165, 1.54) is 12.2 Å². The fraction of sp³-hybridized carbons (Fsp3) is 0.267. The number of likely N-dealkylation sites (N-methyl/N-ethyl adjacent to an activating group) is 1. The van der Waals surface area contributed by atoms with Crippen LogP contribution >= 0.6 is 0 Å². The number of hydrogen-bond acceptors (Lipinski definition) is 4. The number of nitrogens with zero attached hydrogens (tertiary/aromatic N) is 1. The molecule has 0 aliphatic heterocycles. The molecule has 4 amide bonds. The van der Waals surface area contributed by atoms with Gasteiger partial charge in [0.05, 0.1) is 26.7 Å². The molecule has 3 aromatic carbocycles. The lowest BCUT2D eigenvalue weighted by molar-refractivity contribution is -0.789. The van der Waals surface area contributed by atoms with E-state index < -0.39 is 17.4 Å². The quantitative estimate of drug-likeness (QED) is 0.245. The smallest absolute Gasteiger partial charge is 0.337 e. The second-order valence-electron chi connectivity index (χ2n) is 10.4. The molecule has 1 fully saturated rings. The zero-order valence-electron chi connectivity index (χ0n) is 21.9. The number of fused-ring (bicyclic) bond motifs is 1. The summed E-state index contributed by atoms with van der Waals surface area (Å²) < 4.78 is 0.126. The normalized spacial score (nSPS) is 14.2. The number of amides is 4. The summed E-state index contributed by atoms with van der Waals surface area (Å²) in [6, 6.07) is 21.4. The van der Waals surface area contributed by atoms with Gasteiger partial charge in [-0.3, -0.25) is 18.9 Å². The Hall–Kier alpha value is -4.30. The summed E-state index contributed by atoms with van der Waals surface area (Å²) in [5, 5.41) is 10.5. The number of hydrogen-bond donors (Lipinski definition) is 3. The lowest BCUT2D eigenvalue weighted by Crippen LogP contribution is -2.41. The van der Waals surface area contributed by atoms with Crippen LogP contribution in [0.3, 0.4) is 0 Å². The summed E-state index contributed by atoms with van der Waals surface area (Å²) in [7, 11) is 5.22. The van der Waals surface area contributed by atoms with Crippen molar-refractivity contribution in [3.63, 3.8) is 0 Å². The van der Waals surface area contributed by atoms with Crippen LogP contribution in [0.25, 0.3) is 10.8 Å². The molecule has 8 nitrogen and oxygen atoms in total. The van der Waals surface area contributed by atoms with Crippen molar-refractivity contribution >= 4 is 34.4 Å². The minimum atomic E-state index is -0.818. The topological polar surface area (TPSA) is 104 Å².